The molecule has 1 amide bonds. The normalized spacial score (nSPS) is 11.5. The number of nitrogens with zero attached hydrogens (tertiary/aromatic N) is 3. The molecule has 0 spiro atoms. The summed E-state index contributed by atoms with van der Waals surface area (Å²) in [6.45, 7) is 0. The molecule has 24 heavy (non-hydrogen) atoms. The molecule has 2 heterocycles. The Morgan fingerprint density at radius 2 is 1.83 bits per heavy atom. The van der Waals surface area contributed by atoms with Gasteiger partial charge in [-0.05, 0) is 42.5 Å². The van der Waals surface area contributed by atoms with Crippen molar-refractivity contribution in [2.24, 2.45) is 5.73 Å². The average Bonchev–Trinajstić information content (AvgIpc) is 3.01. The Bertz CT molecular complexity index is 871. The Labute approximate surface area is 134 Å². The summed E-state index contributed by atoms with van der Waals surface area (Å²) < 4.78 is 40.7. The Morgan fingerprint density at radius 3 is 2.38 bits per heavy atom. The molecule has 3 rings (SSSR count). The SMILES string of the molecule is NC(=O)c1ccc(-n2nc(-c3cccnc3)cc2C(F)(F)F)cc1. The molecule has 0 bridgehead atoms. The lowest BCUT2D eigenvalue weighted by Gasteiger charge is -2.10. The van der Waals surface area contributed by atoms with Gasteiger partial charge in [-0.1, -0.05) is 0 Å². The third kappa shape index (κ3) is 2.98. The van der Waals surface area contributed by atoms with Gasteiger partial charge in [0.15, 0.2) is 0 Å². The Balaban J connectivity index is 2.12. The van der Waals surface area contributed by atoms with Gasteiger partial charge in [-0.2, -0.15) is 18.3 Å². The van der Waals surface area contributed by atoms with E-state index in [2.05, 4.69) is 10.1 Å². The number of amides is 1. The molecule has 8 heteroatoms. The van der Waals surface area contributed by atoms with Crippen molar-refractivity contribution in [3.05, 3.63) is 66.1 Å². The topological polar surface area (TPSA) is 73.8 Å². The van der Waals surface area contributed by atoms with Crippen LogP contribution in [-0.4, -0.2) is 20.7 Å². The molecule has 0 aliphatic rings. The van der Waals surface area contributed by atoms with Crippen molar-refractivity contribution < 1.29 is 18.0 Å². The lowest BCUT2D eigenvalue weighted by atomic mass is 10.2. The van der Waals surface area contributed by atoms with E-state index in [0.29, 0.717) is 5.56 Å². The molecule has 2 aromatic heterocycles. The summed E-state index contributed by atoms with van der Waals surface area (Å²) in [6, 6.07) is 9.61. The molecule has 0 atom stereocenters. The molecule has 0 saturated heterocycles. The predicted molar refractivity (Wildman–Crippen MR) is 80.3 cm³/mol. The number of primary amides is 1. The van der Waals surface area contributed by atoms with Crippen molar-refractivity contribution in [1.82, 2.24) is 14.8 Å². The minimum absolute atomic E-state index is 0.148. The number of pyridine rings is 1. The molecule has 3 aromatic rings. The highest BCUT2D eigenvalue weighted by atomic mass is 19.4. The van der Waals surface area contributed by atoms with Crippen molar-refractivity contribution in [3.63, 3.8) is 0 Å². The van der Waals surface area contributed by atoms with E-state index in [0.717, 1.165) is 10.7 Å². The number of hydrogen-bond acceptors (Lipinski definition) is 3. The molecule has 2 N–H and O–H groups in total. The fraction of sp³-hybridized carbons (Fsp3) is 0.0625. The molecule has 0 fully saturated rings. The summed E-state index contributed by atoms with van der Waals surface area (Å²) in [6.07, 6.45) is -1.63. The molecular formula is C16H11F3N4O. The molecule has 0 aliphatic carbocycles. The quantitative estimate of drug-likeness (QED) is 0.801. The van der Waals surface area contributed by atoms with Gasteiger partial charge < -0.3 is 5.73 Å². The molecule has 122 valence electrons. The van der Waals surface area contributed by atoms with Crippen molar-refractivity contribution in [1.29, 1.82) is 0 Å². The predicted octanol–water partition coefficient (Wildman–Crippen LogP) is 3.05. The van der Waals surface area contributed by atoms with E-state index in [-0.39, 0.29) is 16.9 Å². The van der Waals surface area contributed by atoms with E-state index in [1.807, 2.05) is 0 Å². The van der Waals surface area contributed by atoms with Crippen LogP contribution in [0.25, 0.3) is 16.9 Å². The Kier molecular flexibility index (Phi) is 3.80. The molecular weight excluding hydrogens is 321 g/mol. The second kappa shape index (κ2) is 5.80. The molecule has 0 radical (unpaired) electrons. The number of hydrogen-bond donors (Lipinski definition) is 1. The van der Waals surface area contributed by atoms with E-state index >= 15 is 0 Å². The van der Waals surface area contributed by atoms with E-state index < -0.39 is 17.8 Å². The number of carbonyl (C=O) groups is 1. The minimum Gasteiger partial charge on any atom is -0.366 e. The maximum Gasteiger partial charge on any atom is 0.433 e. The molecule has 0 aliphatic heterocycles. The molecule has 5 nitrogen and oxygen atoms in total. The number of halogens is 3. The highest BCUT2D eigenvalue weighted by molar-refractivity contribution is 5.92. The fourth-order valence-electron chi connectivity index (χ4n) is 2.20. The van der Waals surface area contributed by atoms with Gasteiger partial charge in [-0.3, -0.25) is 9.78 Å². The highest BCUT2D eigenvalue weighted by Gasteiger charge is 2.36. The van der Waals surface area contributed by atoms with Crippen molar-refractivity contribution in [2.75, 3.05) is 0 Å². The van der Waals surface area contributed by atoms with Crippen molar-refractivity contribution in [2.45, 2.75) is 6.18 Å². The van der Waals surface area contributed by atoms with Crippen LogP contribution in [0, 0.1) is 0 Å². The number of benzene rings is 1. The summed E-state index contributed by atoms with van der Waals surface area (Å²) in [7, 11) is 0. The zero-order valence-electron chi connectivity index (χ0n) is 12.2. The van der Waals surface area contributed by atoms with Crippen molar-refractivity contribution in [3.8, 4) is 16.9 Å². The van der Waals surface area contributed by atoms with Crippen LogP contribution in [0.2, 0.25) is 0 Å². The summed E-state index contributed by atoms with van der Waals surface area (Å²) in [5, 5.41) is 4.03. The van der Waals surface area contributed by atoms with Gasteiger partial charge in [0.25, 0.3) is 0 Å². The second-order valence-corrected chi connectivity index (χ2v) is 4.98. The van der Waals surface area contributed by atoms with Crippen LogP contribution >= 0.6 is 0 Å². The Hall–Kier alpha value is -3.16. The minimum atomic E-state index is -4.59. The highest BCUT2D eigenvalue weighted by Crippen LogP contribution is 2.33. The summed E-state index contributed by atoms with van der Waals surface area (Å²) in [4.78, 5) is 15.0. The smallest absolute Gasteiger partial charge is 0.366 e. The van der Waals surface area contributed by atoms with Gasteiger partial charge in [0, 0.05) is 23.5 Å². The summed E-state index contributed by atoms with van der Waals surface area (Å²) in [5.41, 5.74) is 5.20. The molecule has 0 saturated carbocycles. The second-order valence-electron chi connectivity index (χ2n) is 4.98. The monoisotopic (exact) mass is 332 g/mol. The first-order valence-electron chi connectivity index (χ1n) is 6.84. The van der Waals surface area contributed by atoms with Gasteiger partial charge in [0.2, 0.25) is 5.91 Å². The van der Waals surface area contributed by atoms with E-state index in [1.54, 1.807) is 12.1 Å². The first-order valence-corrected chi connectivity index (χ1v) is 6.84. The van der Waals surface area contributed by atoms with Gasteiger partial charge in [-0.25, -0.2) is 4.68 Å². The number of carbonyl (C=O) groups excluding carboxylic acids is 1. The standard InChI is InChI=1S/C16H11F3N4O/c17-16(18,19)14-8-13(11-2-1-7-21-9-11)22-23(14)12-5-3-10(4-6-12)15(20)24/h1-9H,(H2,20,24). The zero-order chi connectivity index (χ0) is 17.3. The molecule has 1 aromatic carbocycles. The van der Waals surface area contributed by atoms with Crippen LogP contribution in [0.15, 0.2) is 54.9 Å². The third-order valence-corrected chi connectivity index (χ3v) is 3.35. The maximum absolute atomic E-state index is 13.3. The lowest BCUT2D eigenvalue weighted by molar-refractivity contribution is -0.142. The number of rotatable bonds is 3. The van der Waals surface area contributed by atoms with Crippen LogP contribution in [-0.2, 0) is 6.18 Å². The van der Waals surface area contributed by atoms with Crippen LogP contribution in [0.1, 0.15) is 16.1 Å². The first-order chi connectivity index (χ1) is 11.4. The van der Waals surface area contributed by atoms with Gasteiger partial charge >= 0.3 is 6.18 Å². The number of aromatic nitrogens is 3. The molecule has 0 unspecified atom stereocenters. The van der Waals surface area contributed by atoms with Crippen LogP contribution in [0.3, 0.4) is 0 Å². The van der Waals surface area contributed by atoms with E-state index in [9.17, 15) is 18.0 Å². The average molecular weight is 332 g/mol. The first kappa shape index (κ1) is 15.7. The van der Waals surface area contributed by atoms with Gasteiger partial charge in [0.1, 0.15) is 5.69 Å². The van der Waals surface area contributed by atoms with Crippen LogP contribution in [0.4, 0.5) is 13.2 Å². The van der Waals surface area contributed by atoms with E-state index in [1.165, 1.54) is 36.7 Å². The maximum atomic E-state index is 13.3. The third-order valence-electron chi connectivity index (χ3n) is 3.35. The summed E-state index contributed by atoms with van der Waals surface area (Å²) >= 11 is 0. The number of nitrogens with two attached hydrogens (primary N) is 1. The van der Waals surface area contributed by atoms with Gasteiger partial charge in [0.05, 0.1) is 11.4 Å². The van der Waals surface area contributed by atoms with Crippen LogP contribution < -0.4 is 5.73 Å². The Morgan fingerprint density at radius 1 is 1.12 bits per heavy atom. The van der Waals surface area contributed by atoms with Gasteiger partial charge in [-0.15, -0.1) is 0 Å². The number of alkyl halides is 3. The largest absolute Gasteiger partial charge is 0.433 e. The lowest BCUT2D eigenvalue weighted by Crippen LogP contribution is -2.14. The van der Waals surface area contributed by atoms with Crippen molar-refractivity contribution >= 4 is 5.91 Å². The van der Waals surface area contributed by atoms with Crippen LogP contribution in [0.5, 0.6) is 0 Å². The summed E-state index contributed by atoms with van der Waals surface area (Å²) in [5.74, 6) is -0.658. The fourth-order valence-corrected chi connectivity index (χ4v) is 2.20. The van der Waals surface area contributed by atoms with E-state index in [4.69, 9.17) is 5.73 Å². The zero-order valence-corrected chi connectivity index (χ0v) is 12.2.